The lowest BCUT2D eigenvalue weighted by molar-refractivity contribution is 0.311. The SMILES string of the molecule is COc1ccc(N2CCC(c3c[nH]c4ccc(C#N)cc34)CC2)cc1N1CCN(C)CC1. The number of hydrogen-bond donors (Lipinski definition) is 1. The summed E-state index contributed by atoms with van der Waals surface area (Å²) in [5.41, 5.74) is 5.69. The molecule has 1 N–H and O–H groups in total. The first kappa shape index (κ1) is 20.7. The Bertz CT molecular complexity index is 1130. The molecule has 2 aromatic carbocycles. The van der Waals surface area contributed by atoms with Crippen molar-refractivity contribution in [1.82, 2.24) is 9.88 Å². The fourth-order valence-corrected chi connectivity index (χ4v) is 5.17. The minimum absolute atomic E-state index is 0.518. The number of rotatable bonds is 4. The number of H-pyrrole nitrogens is 1. The normalized spacial score (nSPS) is 18.2. The van der Waals surface area contributed by atoms with Gasteiger partial charge in [-0.05, 0) is 67.8 Å². The Labute approximate surface area is 190 Å². The lowest BCUT2D eigenvalue weighted by atomic mass is 9.88. The zero-order valence-electron chi connectivity index (χ0n) is 19.0. The maximum absolute atomic E-state index is 9.28. The summed E-state index contributed by atoms with van der Waals surface area (Å²) in [6.07, 6.45) is 4.37. The molecule has 0 saturated carbocycles. The lowest BCUT2D eigenvalue weighted by Crippen LogP contribution is -2.44. The lowest BCUT2D eigenvalue weighted by Gasteiger charge is -2.37. The number of likely N-dealkylation sites (N-methyl/N-ethyl adjacent to an activating group) is 1. The van der Waals surface area contributed by atoms with Crippen LogP contribution in [0.2, 0.25) is 0 Å². The standard InChI is InChI=1S/C26H31N5O/c1-29-11-13-31(14-12-29)25-16-21(4-6-26(25)32-2)30-9-7-20(8-10-30)23-18-28-24-5-3-19(17-27)15-22(23)24/h3-6,15-16,18,20,28H,7-14H2,1-2H3. The molecule has 2 fully saturated rings. The number of piperidine rings is 1. The molecule has 0 spiro atoms. The summed E-state index contributed by atoms with van der Waals surface area (Å²) in [6.45, 7) is 6.29. The number of methoxy groups -OCH3 is 1. The summed E-state index contributed by atoms with van der Waals surface area (Å²) >= 11 is 0. The topological polar surface area (TPSA) is 58.5 Å². The van der Waals surface area contributed by atoms with Crippen molar-refractivity contribution < 1.29 is 4.74 Å². The third-order valence-corrected chi connectivity index (χ3v) is 7.15. The van der Waals surface area contributed by atoms with Crippen LogP contribution in [0.15, 0.2) is 42.6 Å². The van der Waals surface area contributed by atoms with E-state index >= 15 is 0 Å². The van der Waals surface area contributed by atoms with E-state index in [2.05, 4.69) is 57.2 Å². The molecule has 2 aliphatic rings. The summed E-state index contributed by atoms with van der Waals surface area (Å²) in [7, 11) is 3.95. The van der Waals surface area contributed by atoms with Crippen LogP contribution in [-0.4, -0.2) is 63.3 Å². The molecule has 0 radical (unpaired) electrons. The molecule has 3 heterocycles. The summed E-state index contributed by atoms with van der Waals surface area (Å²) in [4.78, 5) is 10.7. The molecular formula is C26H31N5O. The molecule has 6 heteroatoms. The van der Waals surface area contributed by atoms with E-state index in [1.807, 2.05) is 18.2 Å². The first-order valence-electron chi connectivity index (χ1n) is 11.5. The molecule has 5 rings (SSSR count). The number of anilines is 2. The number of aromatic amines is 1. The molecule has 0 bridgehead atoms. The third kappa shape index (κ3) is 3.89. The maximum atomic E-state index is 9.28. The van der Waals surface area contributed by atoms with Gasteiger partial charge in [0.2, 0.25) is 0 Å². The van der Waals surface area contributed by atoms with Crippen molar-refractivity contribution in [3.8, 4) is 11.8 Å². The number of aromatic nitrogens is 1. The second-order valence-electron chi connectivity index (χ2n) is 9.02. The van der Waals surface area contributed by atoms with Gasteiger partial charge in [0.05, 0.1) is 24.4 Å². The molecule has 2 aliphatic heterocycles. The van der Waals surface area contributed by atoms with E-state index in [1.165, 1.54) is 22.3 Å². The van der Waals surface area contributed by atoms with Crippen LogP contribution in [0.1, 0.15) is 29.9 Å². The van der Waals surface area contributed by atoms with Crippen molar-refractivity contribution in [3.63, 3.8) is 0 Å². The second-order valence-corrected chi connectivity index (χ2v) is 9.02. The van der Waals surface area contributed by atoms with Crippen molar-refractivity contribution in [1.29, 1.82) is 5.26 Å². The van der Waals surface area contributed by atoms with E-state index in [4.69, 9.17) is 4.74 Å². The summed E-state index contributed by atoms with van der Waals surface area (Å²) in [6, 6.07) is 14.8. The fraction of sp³-hybridized carbons (Fsp3) is 0.423. The second kappa shape index (κ2) is 8.76. The average molecular weight is 430 g/mol. The van der Waals surface area contributed by atoms with Crippen molar-refractivity contribution in [2.24, 2.45) is 0 Å². The number of hydrogen-bond acceptors (Lipinski definition) is 5. The number of nitrogens with zero attached hydrogens (tertiary/aromatic N) is 4. The number of nitriles is 1. The van der Waals surface area contributed by atoms with Crippen molar-refractivity contribution in [3.05, 3.63) is 53.7 Å². The van der Waals surface area contributed by atoms with Gasteiger partial charge in [-0.15, -0.1) is 0 Å². The summed E-state index contributed by atoms with van der Waals surface area (Å²) in [5, 5.41) is 10.5. The largest absolute Gasteiger partial charge is 0.495 e. The zero-order chi connectivity index (χ0) is 22.1. The minimum atomic E-state index is 0.518. The van der Waals surface area contributed by atoms with Crippen LogP contribution in [0.4, 0.5) is 11.4 Å². The number of fused-ring (bicyclic) bond motifs is 1. The molecule has 0 amide bonds. The van der Waals surface area contributed by atoms with Gasteiger partial charge in [-0.3, -0.25) is 0 Å². The molecular weight excluding hydrogens is 398 g/mol. The molecule has 0 aliphatic carbocycles. The van der Waals surface area contributed by atoms with E-state index in [-0.39, 0.29) is 0 Å². The first-order chi connectivity index (χ1) is 15.7. The number of ether oxygens (including phenoxy) is 1. The van der Waals surface area contributed by atoms with E-state index in [9.17, 15) is 5.26 Å². The molecule has 32 heavy (non-hydrogen) atoms. The van der Waals surface area contributed by atoms with Gasteiger partial charge in [-0.2, -0.15) is 5.26 Å². The van der Waals surface area contributed by atoms with E-state index in [1.54, 1.807) is 7.11 Å². The highest BCUT2D eigenvalue weighted by molar-refractivity contribution is 5.85. The van der Waals surface area contributed by atoms with Crippen molar-refractivity contribution in [2.75, 3.05) is 63.2 Å². The van der Waals surface area contributed by atoms with Gasteiger partial charge in [0.15, 0.2) is 0 Å². The predicted molar refractivity (Wildman–Crippen MR) is 130 cm³/mol. The van der Waals surface area contributed by atoms with Crippen molar-refractivity contribution in [2.45, 2.75) is 18.8 Å². The monoisotopic (exact) mass is 429 g/mol. The maximum Gasteiger partial charge on any atom is 0.142 e. The van der Waals surface area contributed by atoms with Crippen LogP contribution < -0.4 is 14.5 Å². The third-order valence-electron chi connectivity index (χ3n) is 7.15. The van der Waals surface area contributed by atoms with Crippen LogP contribution >= 0.6 is 0 Å². The average Bonchev–Trinajstić information content (AvgIpc) is 3.27. The highest BCUT2D eigenvalue weighted by Gasteiger charge is 2.25. The highest BCUT2D eigenvalue weighted by atomic mass is 16.5. The van der Waals surface area contributed by atoms with E-state index in [0.717, 1.165) is 68.9 Å². The number of benzene rings is 2. The summed E-state index contributed by atoms with van der Waals surface area (Å²) < 4.78 is 5.69. The van der Waals surface area contributed by atoms with Crippen LogP contribution in [-0.2, 0) is 0 Å². The Hall–Kier alpha value is -3.17. The number of nitrogens with one attached hydrogen (secondary N) is 1. The van der Waals surface area contributed by atoms with Gasteiger partial charge < -0.3 is 24.4 Å². The Morgan fingerprint density at radius 2 is 1.75 bits per heavy atom. The van der Waals surface area contributed by atoms with E-state index < -0.39 is 0 Å². The van der Waals surface area contributed by atoms with Crippen LogP contribution in [0.25, 0.3) is 10.9 Å². The molecule has 2 saturated heterocycles. The Balaban J connectivity index is 1.32. The summed E-state index contributed by atoms with van der Waals surface area (Å²) in [5.74, 6) is 1.48. The fourth-order valence-electron chi connectivity index (χ4n) is 5.17. The van der Waals surface area contributed by atoms with Crippen LogP contribution in [0, 0.1) is 11.3 Å². The van der Waals surface area contributed by atoms with Gasteiger partial charge in [-0.1, -0.05) is 0 Å². The van der Waals surface area contributed by atoms with Gasteiger partial charge >= 0.3 is 0 Å². The van der Waals surface area contributed by atoms with Crippen LogP contribution in [0.5, 0.6) is 5.75 Å². The molecule has 166 valence electrons. The number of piperazine rings is 1. The van der Waals surface area contributed by atoms with Gasteiger partial charge in [0, 0.05) is 62.1 Å². The Morgan fingerprint density at radius 1 is 0.969 bits per heavy atom. The van der Waals surface area contributed by atoms with E-state index in [0.29, 0.717) is 5.92 Å². The van der Waals surface area contributed by atoms with Gasteiger partial charge in [0.25, 0.3) is 0 Å². The Kier molecular flexibility index (Phi) is 5.67. The smallest absolute Gasteiger partial charge is 0.142 e. The molecule has 0 atom stereocenters. The van der Waals surface area contributed by atoms with Crippen molar-refractivity contribution >= 4 is 22.3 Å². The Morgan fingerprint density at radius 3 is 2.47 bits per heavy atom. The van der Waals surface area contributed by atoms with Gasteiger partial charge in [0.1, 0.15) is 5.75 Å². The van der Waals surface area contributed by atoms with Gasteiger partial charge in [-0.25, -0.2) is 0 Å². The predicted octanol–water partition coefficient (Wildman–Crippen LogP) is 4.18. The molecule has 3 aromatic rings. The molecule has 1 aromatic heterocycles. The minimum Gasteiger partial charge on any atom is -0.495 e. The molecule has 6 nitrogen and oxygen atoms in total. The quantitative estimate of drug-likeness (QED) is 0.674. The molecule has 0 unspecified atom stereocenters. The first-order valence-corrected chi connectivity index (χ1v) is 11.5. The highest BCUT2D eigenvalue weighted by Crippen LogP contribution is 2.38. The van der Waals surface area contributed by atoms with Crippen LogP contribution in [0.3, 0.4) is 0 Å². The zero-order valence-corrected chi connectivity index (χ0v) is 19.0.